The Morgan fingerprint density at radius 1 is 0.892 bits per heavy atom. The fourth-order valence-corrected chi connectivity index (χ4v) is 5.13. The highest BCUT2D eigenvalue weighted by Crippen LogP contribution is 2.32. The molecule has 0 saturated carbocycles. The van der Waals surface area contributed by atoms with Gasteiger partial charge in [-0.2, -0.15) is 0 Å². The van der Waals surface area contributed by atoms with Crippen LogP contribution in [-0.4, -0.2) is 56.3 Å². The van der Waals surface area contributed by atoms with Crippen molar-refractivity contribution in [2.24, 2.45) is 0 Å². The first-order chi connectivity index (χ1) is 18.2. The van der Waals surface area contributed by atoms with Crippen molar-refractivity contribution in [2.45, 2.75) is 44.8 Å². The average molecular weight is 503 g/mol. The molecule has 0 unspecified atom stereocenters. The number of nitrogens with one attached hydrogen (secondary N) is 3. The number of rotatable bonds is 9. The summed E-state index contributed by atoms with van der Waals surface area (Å²) in [4.78, 5) is 15.1. The lowest BCUT2D eigenvalue weighted by Gasteiger charge is -2.26. The van der Waals surface area contributed by atoms with Crippen molar-refractivity contribution in [2.75, 3.05) is 44.6 Å². The quantitative estimate of drug-likeness (QED) is 0.377. The van der Waals surface area contributed by atoms with E-state index in [0.29, 0.717) is 6.61 Å². The molecule has 3 aromatic carbocycles. The van der Waals surface area contributed by atoms with Crippen LogP contribution in [-0.2, 0) is 6.61 Å². The number of piperidine rings is 2. The molecule has 0 atom stereocenters. The minimum Gasteiger partial charge on any atom is -0.492 e. The lowest BCUT2D eigenvalue weighted by Crippen LogP contribution is -2.44. The summed E-state index contributed by atoms with van der Waals surface area (Å²) in [5.74, 6) is 1.69. The summed E-state index contributed by atoms with van der Waals surface area (Å²) >= 11 is 0. The molecule has 0 aliphatic carbocycles. The number of carbonyl (C=O) groups is 1. The van der Waals surface area contributed by atoms with Crippen LogP contribution in [0.5, 0.6) is 11.5 Å². The number of likely N-dealkylation sites (tertiary alicyclic amines) is 1. The number of benzene rings is 3. The predicted octanol–water partition coefficient (Wildman–Crippen LogP) is 5.16. The summed E-state index contributed by atoms with van der Waals surface area (Å²) in [6.45, 7) is 6.43. The number of fused-ring (bicyclic) bond motifs is 1. The Kier molecular flexibility index (Phi) is 8.77. The first kappa shape index (κ1) is 25.4. The molecule has 2 saturated heterocycles. The summed E-state index contributed by atoms with van der Waals surface area (Å²) in [7, 11) is 0. The molecule has 7 heteroatoms. The minimum atomic E-state index is -0.163. The molecule has 3 aromatic rings. The SMILES string of the molecule is O=C(Nc1ccc(OCc2ccc(OCCN3CCCCC3)cc2)c2ccccc12)NC1CCNCC1. The van der Waals surface area contributed by atoms with E-state index in [0.717, 1.165) is 72.6 Å². The first-order valence-electron chi connectivity index (χ1n) is 13.6. The van der Waals surface area contributed by atoms with Gasteiger partial charge < -0.3 is 25.4 Å². The highest BCUT2D eigenvalue weighted by atomic mass is 16.5. The van der Waals surface area contributed by atoms with Gasteiger partial charge in [-0.05, 0) is 81.7 Å². The molecule has 2 amide bonds. The van der Waals surface area contributed by atoms with E-state index in [2.05, 4.69) is 33.0 Å². The molecule has 2 heterocycles. The summed E-state index contributed by atoms with van der Waals surface area (Å²) in [6, 6.07) is 20.0. The van der Waals surface area contributed by atoms with E-state index >= 15 is 0 Å². The standard InChI is InChI=1S/C30H38N4O3/c35-30(32-24-14-16-31-17-15-24)33-28-12-13-29(27-7-3-2-6-26(27)28)37-22-23-8-10-25(11-9-23)36-21-20-34-18-4-1-5-19-34/h2-3,6-13,24,31H,1,4-5,14-22H2,(H2,32,33,35). The molecule has 0 radical (unpaired) electrons. The van der Waals surface area contributed by atoms with Crippen molar-refractivity contribution < 1.29 is 14.3 Å². The van der Waals surface area contributed by atoms with Gasteiger partial charge in [-0.1, -0.05) is 42.8 Å². The molecule has 2 aliphatic rings. The van der Waals surface area contributed by atoms with E-state index in [1.165, 1.54) is 32.4 Å². The fraction of sp³-hybridized carbons (Fsp3) is 0.433. The summed E-state index contributed by atoms with van der Waals surface area (Å²) in [5, 5.41) is 11.4. The normalized spacial score (nSPS) is 16.9. The van der Waals surface area contributed by atoms with Gasteiger partial charge in [0.1, 0.15) is 24.7 Å². The van der Waals surface area contributed by atoms with Crippen LogP contribution in [0.15, 0.2) is 60.7 Å². The molecule has 7 nitrogen and oxygen atoms in total. The largest absolute Gasteiger partial charge is 0.492 e. The maximum Gasteiger partial charge on any atom is 0.319 e. The Morgan fingerprint density at radius 2 is 1.65 bits per heavy atom. The van der Waals surface area contributed by atoms with Gasteiger partial charge in [0.25, 0.3) is 0 Å². The molecule has 2 fully saturated rings. The van der Waals surface area contributed by atoms with Crippen molar-refractivity contribution in [3.8, 4) is 11.5 Å². The van der Waals surface area contributed by atoms with Crippen LogP contribution in [0.3, 0.4) is 0 Å². The molecule has 37 heavy (non-hydrogen) atoms. The zero-order valence-corrected chi connectivity index (χ0v) is 21.5. The van der Waals surface area contributed by atoms with Gasteiger partial charge in [-0.3, -0.25) is 4.90 Å². The second kappa shape index (κ2) is 12.8. The predicted molar refractivity (Wildman–Crippen MR) is 149 cm³/mol. The van der Waals surface area contributed by atoms with Gasteiger partial charge in [0, 0.05) is 23.4 Å². The van der Waals surface area contributed by atoms with E-state index in [9.17, 15) is 4.79 Å². The average Bonchev–Trinajstić information content (AvgIpc) is 2.94. The van der Waals surface area contributed by atoms with Crippen LogP contribution < -0.4 is 25.4 Å². The van der Waals surface area contributed by atoms with Gasteiger partial charge in [0.05, 0.1) is 5.69 Å². The molecular weight excluding hydrogens is 464 g/mol. The van der Waals surface area contributed by atoms with Gasteiger partial charge in [-0.25, -0.2) is 4.79 Å². The van der Waals surface area contributed by atoms with Crippen molar-refractivity contribution in [3.05, 3.63) is 66.2 Å². The number of ether oxygens (including phenoxy) is 2. The number of amides is 2. The number of hydrogen-bond donors (Lipinski definition) is 3. The maximum atomic E-state index is 12.6. The van der Waals surface area contributed by atoms with Crippen molar-refractivity contribution in [3.63, 3.8) is 0 Å². The van der Waals surface area contributed by atoms with Crippen molar-refractivity contribution in [1.29, 1.82) is 0 Å². The van der Waals surface area contributed by atoms with Crippen LogP contribution in [0, 0.1) is 0 Å². The zero-order chi connectivity index (χ0) is 25.3. The Hall–Kier alpha value is -3.29. The minimum absolute atomic E-state index is 0.163. The van der Waals surface area contributed by atoms with E-state index in [1.807, 2.05) is 48.5 Å². The Bertz CT molecular complexity index is 1160. The third-order valence-electron chi connectivity index (χ3n) is 7.25. The Balaban J connectivity index is 1.15. The number of urea groups is 1. The van der Waals surface area contributed by atoms with E-state index in [-0.39, 0.29) is 12.1 Å². The smallest absolute Gasteiger partial charge is 0.319 e. The third kappa shape index (κ3) is 7.14. The molecule has 2 aliphatic heterocycles. The van der Waals surface area contributed by atoms with Gasteiger partial charge in [0.2, 0.25) is 0 Å². The molecule has 0 bridgehead atoms. The number of hydrogen-bond acceptors (Lipinski definition) is 5. The monoisotopic (exact) mass is 502 g/mol. The second-order valence-corrected chi connectivity index (χ2v) is 9.96. The number of nitrogens with zero attached hydrogens (tertiary/aromatic N) is 1. The molecule has 196 valence electrons. The van der Waals surface area contributed by atoms with Crippen molar-refractivity contribution >= 4 is 22.5 Å². The lowest BCUT2D eigenvalue weighted by molar-refractivity contribution is 0.183. The summed E-state index contributed by atoms with van der Waals surface area (Å²) < 4.78 is 12.2. The fourth-order valence-electron chi connectivity index (χ4n) is 5.13. The second-order valence-electron chi connectivity index (χ2n) is 9.96. The lowest BCUT2D eigenvalue weighted by atomic mass is 10.1. The van der Waals surface area contributed by atoms with Crippen molar-refractivity contribution in [1.82, 2.24) is 15.5 Å². The Morgan fingerprint density at radius 3 is 2.43 bits per heavy atom. The summed E-state index contributed by atoms with van der Waals surface area (Å²) in [6.07, 6.45) is 5.86. The zero-order valence-electron chi connectivity index (χ0n) is 21.5. The molecule has 5 rings (SSSR count). The van der Waals surface area contributed by atoms with Crippen LogP contribution in [0.4, 0.5) is 10.5 Å². The highest BCUT2D eigenvalue weighted by Gasteiger charge is 2.16. The number of carbonyl (C=O) groups excluding carboxylic acids is 1. The first-order valence-corrected chi connectivity index (χ1v) is 13.6. The molecular formula is C30H38N4O3. The van der Waals surface area contributed by atoms with E-state index < -0.39 is 0 Å². The van der Waals surface area contributed by atoms with Gasteiger partial charge >= 0.3 is 6.03 Å². The van der Waals surface area contributed by atoms with E-state index in [4.69, 9.17) is 9.47 Å². The number of anilines is 1. The molecule has 3 N–H and O–H groups in total. The maximum absolute atomic E-state index is 12.6. The van der Waals surface area contributed by atoms with E-state index in [1.54, 1.807) is 0 Å². The van der Waals surface area contributed by atoms with Gasteiger partial charge in [-0.15, -0.1) is 0 Å². The van der Waals surface area contributed by atoms with Crippen LogP contribution in [0.1, 0.15) is 37.7 Å². The topological polar surface area (TPSA) is 74.9 Å². The summed E-state index contributed by atoms with van der Waals surface area (Å²) in [5.41, 5.74) is 1.86. The molecule has 0 aromatic heterocycles. The third-order valence-corrected chi connectivity index (χ3v) is 7.25. The van der Waals surface area contributed by atoms with Gasteiger partial charge in [0.15, 0.2) is 0 Å². The highest BCUT2D eigenvalue weighted by molar-refractivity contribution is 6.03. The van der Waals surface area contributed by atoms with Crippen LogP contribution >= 0.6 is 0 Å². The van der Waals surface area contributed by atoms with Crippen LogP contribution in [0.2, 0.25) is 0 Å². The van der Waals surface area contributed by atoms with Crippen LogP contribution in [0.25, 0.3) is 10.8 Å². The Labute approximate surface area is 219 Å². The molecule has 0 spiro atoms.